The van der Waals surface area contributed by atoms with E-state index in [9.17, 15) is 22.0 Å². The Labute approximate surface area is 189 Å². The molecule has 2 fully saturated rings. The van der Waals surface area contributed by atoms with Gasteiger partial charge in [0.2, 0.25) is 0 Å². The van der Waals surface area contributed by atoms with Crippen LogP contribution in [0.2, 0.25) is 0 Å². The van der Waals surface area contributed by atoms with Gasteiger partial charge in [-0.1, -0.05) is 44.8 Å². The van der Waals surface area contributed by atoms with Crippen LogP contribution in [0.25, 0.3) is 0 Å². The van der Waals surface area contributed by atoms with E-state index in [1.54, 1.807) is 0 Å². The molecule has 2 aliphatic rings. The van der Waals surface area contributed by atoms with Crippen LogP contribution in [0.15, 0.2) is 24.3 Å². The van der Waals surface area contributed by atoms with Crippen LogP contribution >= 0.6 is 0 Å². The Kier molecular flexibility index (Phi) is 9.19. The van der Waals surface area contributed by atoms with Crippen molar-refractivity contribution < 1.29 is 22.0 Å². The van der Waals surface area contributed by atoms with Gasteiger partial charge in [0.15, 0.2) is 0 Å². The SMILES string of the molecule is CC/C=C/CCCCC1CCC(C2CCC(c3cc(F)c(C(F)(F)F)c(F)c3)CC2)CC1. The molecule has 0 spiro atoms. The fourth-order valence-corrected chi connectivity index (χ4v) is 5.95. The fraction of sp³-hybridized carbons (Fsp3) is 0.704. The first-order valence-electron chi connectivity index (χ1n) is 12.5. The Morgan fingerprint density at radius 2 is 1.38 bits per heavy atom. The number of benzene rings is 1. The average Bonchev–Trinajstić information content (AvgIpc) is 2.75. The van der Waals surface area contributed by atoms with E-state index in [-0.39, 0.29) is 5.92 Å². The van der Waals surface area contributed by atoms with E-state index in [4.69, 9.17) is 0 Å². The number of allylic oxidation sites excluding steroid dienone is 2. The van der Waals surface area contributed by atoms with E-state index in [0.29, 0.717) is 11.5 Å². The quantitative estimate of drug-likeness (QED) is 0.207. The molecule has 0 aromatic heterocycles. The van der Waals surface area contributed by atoms with Crippen molar-refractivity contribution in [2.24, 2.45) is 17.8 Å². The molecule has 0 atom stereocenters. The molecule has 2 saturated carbocycles. The van der Waals surface area contributed by atoms with E-state index < -0.39 is 23.4 Å². The van der Waals surface area contributed by atoms with Gasteiger partial charge in [-0.25, -0.2) is 8.78 Å². The largest absolute Gasteiger partial charge is 0.422 e. The number of rotatable bonds is 8. The van der Waals surface area contributed by atoms with Gasteiger partial charge in [0, 0.05) is 0 Å². The highest BCUT2D eigenvalue weighted by Gasteiger charge is 2.39. The van der Waals surface area contributed by atoms with Gasteiger partial charge in [-0.15, -0.1) is 0 Å². The molecule has 0 bridgehead atoms. The summed E-state index contributed by atoms with van der Waals surface area (Å²) >= 11 is 0. The second kappa shape index (κ2) is 11.7. The van der Waals surface area contributed by atoms with Crippen molar-refractivity contribution in [3.05, 3.63) is 47.0 Å². The van der Waals surface area contributed by atoms with Crippen LogP contribution < -0.4 is 0 Å². The van der Waals surface area contributed by atoms with Crippen molar-refractivity contribution in [2.45, 2.75) is 102 Å². The number of unbranched alkanes of at least 4 members (excludes halogenated alkanes) is 2. The van der Waals surface area contributed by atoms with Gasteiger partial charge in [-0.05, 0) is 99.2 Å². The summed E-state index contributed by atoms with van der Waals surface area (Å²) < 4.78 is 66.4. The summed E-state index contributed by atoms with van der Waals surface area (Å²) in [5.41, 5.74) is -1.40. The highest BCUT2D eigenvalue weighted by molar-refractivity contribution is 5.30. The summed E-state index contributed by atoms with van der Waals surface area (Å²) in [7, 11) is 0. The lowest BCUT2D eigenvalue weighted by molar-refractivity contribution is -0.142. The number of alkyl halides is 3. The Morgan fingerprint density at radius 1 is 0.812 bits per heavy atom. The van der Waals surface area contributed by atoms with Crippen molar-refractivity contribution in [1.29, 1.82) is 0 Å². The van der Waals surface area contributed by atoms with Gasteiger partial charge >= 0.3 is 6.18 Å². The minimum atomic E-state index is -5.00. The fourth-order valence-electron chi connectivity index (χ4n) is 5.95. The number of hydrogen-bond acceptors (Lipinski definition) is 0. The lowest BCUT2D eigenvalue weighted by Crippen LogP contribution is -2.25. The van der Waals surface area contributed by atoms with Crippen molar-refractivity contribution in [2.75, 3.05) is 0 Å². The van der Waals surface area contributed by atoms with Crippen LogP contribution in [-0.4, -0.2) is 0 Å². The van der Waals surface area contributed by atoms with Crippen LogP contribution in [0.5, 0.6) is 0 Å². The standard InChI is InChI=1S/C27H37F5/c1-2-3-4-5-6-7-8-19-9-11-20(12-10-19)21-13-15-22(16-14-21)23-17-24(28)26(25(29)18-23)27(30,31)32/h3-4,17-22H,2,5-16H2,1H3/b4-3+. The van der Waals surface area contributed by atoms with Crippen molar-refractivity contribution in [3.63, 3.8) is 0 Å². The molecule has 0 N–H and O–H groups in total. The third kappa shape index (κ3) is 6.81. The molecule has 3 rings (SSSR count). The van der Waals surface area contributed by atoms with Gasteiger partial charge in [0.1, 0.15) is 17.2 Å². The van der Waals surface area contributed by atoms with E-state index in [1.807, 2.05) is 0 Å². The lowest BCUT2D eigenvalue weighted by Gasteiger charge is -2.38. The van der Waals surface area contributed by atoms with Crippen LogP contribution in [0.3, 0.4) is 0 Å². The normalized spacial score (nSPS) is 27.2. The number of hydrogen-bond donors (Lipinski definition) is 0. The smallest absolute Gasteiger partial charge is 0.206 e. The first kappa shape index (κ1) is 25.2. The van der Waals surface area contributed by atoms with E-state index >= 15 is 0 Å². The maximum absolute atomic E-state index is 14.0. The van der Waals surface area contributed by atoms with Crippen LogP contribution in [0.1, 0.15) is 107 Å². The Bertz CT molecular complexity index is 712. The molecule has 2 aliphatic carbocycles. The average molecular weight is 457 g/mol. The minimum absolute atomic E-state index is 0.0457. The predicted molar refractivity (Wildman–Crippen MR) is 119 cm³/mol. The highest BCUT2D eigenvalue weighted by atomic mass is 19.4. The van der Waals surface area contributed by atoms with Crippen molar-refractivity contribution >= 4 is 0 Å². The molecule has 5 heteroatoms. The first-order valence-corrected chi connectivity index (χ1v) is 12.5. The van der Waals surface area contributed by atoms with Crippen molar-refractivity contribution in [1.82, 2.24) is 0 Å². The highest BCUT2D eigenvalue weighted by Crippen LogP contribution is 2.45. The maximum atomic E-state index is 14.0. The first-order chi connectivity index (χ1) is 15.3. The second-order valence-electron chi connectivity index (χ2n) is 9.91. The molecular formula is C27H37F5. The Hall–Kier alpha value is -1.39. The molecule has 1 aromatic carbocycles. The van der Waals surface area contributed by atoms with Crippen molar-refractivity contribution in [3.8, 4) is 0 Å². The lowest BCUT2D eigenvalue weighted by atomic mass is 9.68. The third-order valence-corrected chi connectivity index (χ3v) is 7.78. The zero-order valence-electron chi connectivity index (χ0n) is 19.2. The van der Waals surface area contributed by atoms with E-state index in [0.717, 1.165) is 56.1 Å². The number of halogens is 5. The summed E-state index contributed by atoms with van der Waals surface area (Å²) in [5, 5.41) is 0. The van der Waals surface area contributed by atoms with Crippen LogP contribution in [0, 0.1) is 29.4 Å². The molecule has 32 heavy (non-hydrogen) atoms. The minimum Gasteiger partial charge on any atom is -0.206 e. The summed E-state index contributed by atoms with van der Waals surface area (Å²) in [6.45, 7) is 2.16. The maximum Gasteiger partial charge on any atom is 0.422 e. The summed E-state index contributed by atoms with van der Waals surface area (Å²) in [4.78, 5) is 0. The molecule has 0 nitrogen and oxygen atoms in total. The molecule has 0 saturated heterocycles. The van der Waals surface area contributed by atoms with E-state index in [2.05, 4.69) is 19.1 Å². The van der Waals surface area contributed by atoms with Crippen LogP contribution in [-0.2, 0) is 6.18 Å². The second-order valence-corrected chi connectivity index (χ2v) is 9.91. The molecule has 0 unspecified atom stereocenters. The van der Waals surface area contributed by atoms with Gasteiger partial charge in [0.05, 0.1) is 0 Å². The molecule has 1 aromatic rings. The molecule has 0 heterocycles. The van der Waals surface area contributed by atoms with Gasteiger partial charge in [-0.3, -0.25) is 0 Å². The Balaban J connectivity index is 1.42. The molecule has 180 valence electrons. The summed E-state index contributed by atoms with van der Waals surface area (Å²) in [5.74, 6) is -0.786. The summed E-state index contributed by atoms with van der Waals surface area (Å²) in [6.07, 6.45) is 14.6. The topological polar surface area (TPSA) is 0 Å². The van der Waals surface area contributed by atoms with Gasteiger partial charge in [-0.2, -0.15) is 13.2 Å². The Morgan fingerprint density at radius 3 is 1.91 bits per heavy atom. The van der Waals surface area contributed by atoms with Gasteiger partial charge in [0.25, 0.3) is 0 Å². The summed E-state index contributed by atoms with van der Waals surface area (Å²) in [6, 6.07) is 1.81. The third-order valence-electron chi connectivity index (χ3n) is 7.78. The van der Waals surface area contributed by atoms with E-state index in [1.165, 1.54) is 51.4 Å². The van der Waals surface area contributed by atoms with Crippen LogP contribution in [0.4, 0.5) is 22.0 Å². The monoisotopic (exact) mass is 456 g/mol. The zero-order chi connectivity index (χ0) is 23.1. The van der Waals surface area contributed by atoms with Gasteiger partial charge < -0.3 is 0 Å². The zero-order valence-corrected chi connectivity index (χ0v) is 19.2. The predicted octanol–water partition coefficient (Wildman–Crippen LogP) is 9.59. The molecule has 0 amide bonds. The molecule has 0 radical (unpaired) electrons. The molecular weight excluding hydrogens is 419 g/mol. The molecule has 0 aliphatic heterocycles.